The smallest absolute Gasteiger partial charge is 0.168 e. The van der Waals surface area contributed by atoms with Gasteiger partial charge in [0.05, 0.1) is 12.3 Å². The Morgan fingerprint density at radius 2 is 1.38 bits per heavy atom. The molecule has 1 fully saturated rings. The lowest BCUT2D eigenvalue weighted by molar-refractivity contribution is 0.251. The lowest BCUT2D eigenvalue weighted by atomic mass is 10.1. The molecule has 2 atom stereocenters. The van der Waals surface area contributed by atoms with Crippen LogP contribution in [0.1, 0.15) is 27.7 Å². The van der Waals surface area contributed by atoms with Crippen LogP contribution in [0.4, 0.5) is 0 Å². The maximum Gasteiger partial charge on any atom is 0.168 e. The van der Waals surface area contributed by atoms with Crippen molar-refractivity contribution in [3.8, 4) is 0 Å². The van der Waals surface area contributed by atoms with Crippen molar-refractivity contribution in [2.24, 2.45) is 11.8 Å². The highest BCUT2D eigenvalue weighted by Gasteiger charge is 2.26. The molecule has 0 amide bonds. The Balaban J connectivity index is 2.57. The van der Waals surface area contributed by atoms with Gasteiger partial charge < -0.3 is 10.6 Å². The van der Waals surface area contributed by atoms with E-state index in [0.717, 1.165) is 5.11 Å². The maximum absolute atomic E-state index is 5.14. The van der Waals surface area contributed by atoms with Gasteiger partial charge in [0.1, 0.15) is 0 Å². The molecule has 0 radical (unpaired) electrons. The van der Waals surface area contributed by atoms with Gasteiger partial charge in [-0.2, -0.15) is 0 Å². The van der Waals surface area contributed by atoms with E-state index in [9.17, 15) is 0 Å². The van der Waals surface area contributed by atoms with Gasteiger partial charge in [-0.3, -0.25) is 5.32 Å². The number of rotatable bonds is 2. The summed E-state index contributed by atoms with van der Waals surface area (Å²) >= 11 is 5.14. The second-order valence-electron chi connectivity index (χ2n) is 4.23. The van der Waals surface area contributed by atoms with Crippen LogP contribution < -0.4 is 16.0 Å². The highest BCUT2D eigenvalue weighted by Crippen LogP contribution is 2.07. The van der Waals surface area contributed by atoms with E-state index in [-0.39, 0.29) is 0 Å². The van der Waals surface area contributed by atoms with Crippen LogP contribution in [-0.4, -0.2) is 17.4 Å². The van der Waals surface area contributed by atoms with E-state index < -0.39 is 0 Å². The summed E-state index contributed by atoms with van der Waals surface area (Å²) in [5.41, 5.74) is 0. The summed E-state index contributed by atoms with van der Waals surface area (Å²) in [6.45, 7) is 8.71. The van der Waals surface area contributed by atoms with Crippen LogP contribution in [0, 0.1) is 11.8 Å². The molecule has 3 nitrogen and oxygen atoms in total. The van der Waals surface area contributed by atoms with Crippen molar-refractivity contribution in [1.29, 1.82) is 0 Å². The Labute approximate surface area is 85.7 Å². The molecule has 1 aliphatic rings. The third-order valence-electron chi connectivity index (χ3n) is 2.27. The Morgan fingerprint density at radius 1 is 1.00 bits per heavy atom. The van der Waals surface area contributed by atoms with Gasteiger partial charge in [0.15, 0.2) is 5.11 Å². The lowest BCUT2D eigenvalue weighted by Crippen LogP contribution is -2.67. The lowest BCUT2D eigenvalue weighted by Gasteiger charge is -2.38. The molecule has 1 saturated heterocycles. The summed E-state index contributed by atoms with van der Waals surface area (Å²) in [7, 11) is 0. The first-order valence-electron chi connectivity index (χ1n) is 4.83. The van der Waals surface area contributed by atoms with Gasteiger partial charge in [-0.1, -0.05) is 27.7 Å². The van der Waals surface area contributed by atoms with Crippen LogP contribution in [-0.2, 0) is 0 Å². The highest BCUT2D eigenvalue weighted by molar-refractivity contribution is 7.80. The summed E-state index contributed by atoms with van der Waals surface area (Å²) in [6, 6.07) is 0. The van der Waals surface area contributed by atoms with Crippen molar-refractivity contribution in [3.05, 3.63) is 0 Å². The molecule has 0 aromatic rings. The van der Waals surface area contributed by atoms with Crippen molar-refractivity contribution in [1.82, 2.24) is 16.0 Å². The van der Waals surface area contributed by atoms with Crippen LogP contribution in [0.5, 0.6) is 0 Å². The first-order valence-corrected chi connectivity index (χ1v) is 5.24. The third kappa shape index (κ3) is 2.81. The Bertz CT molecular complexity index is 173. The average Bonchev–Trinajstić information content (AvgIpc) is 2.03. The van der Waals surface area contributed by atoms with Crippen LogP contribution in [0.3, 0.4) is 0 Å². The summed E-state index contributed by atoms with van der Waals surface area (Å²) in [5, 5.41) is 10.7. The van der Waals surface area contributed by atoms with Crippen molar-refractivity contribution in [2.75, 3.05) is 0 Å². The second kappa shape index (κ2) is 4.24. The second-order valence-corrected chi connectivity index (χ2v) is 4.64. The van der Waals surface area contributed by atoms with Crippen molar-refractivity contribution >= 4 is 17.3 Å². The van der Waals surface area contributed by atoms with Gasteiger partial charge in [-0.15, -0.1) is 0 Å². The maximum atomic E-state index is 5.14. The Hall–Kier alpha value is -0.350. The molecule has 1 rings (SSSR count). The minimum absolute atomic E-state index is 0.293. The Kier molecular flexibility index (Phi) is 3.50. The van der Waals surface area contributed by atoms with Gasteiger partial charge in [0.2, 0.25) is 0 Å². The molecule has 1 heterocycles. The average molecular weight is 201 g/mol. The molecular formula is C9H19N3S. The van der Waals surface area contributed by atoms with E-state index in [0.29, 0.717) is 24.2 Å². The topological polar surface area (TPSA) is 36.1 Å². The van der Waals surface area contributed by atoms with Gasteiger partial charge in [-0.05, 0) is 24.1 Å². The van der Waals surface area contributed by atoms with Crippen molar-refractivity contribution < 1.29 is 0 Å². The van der Waals surface area contributed by atoms with E-state index in [4.69, 9.17) is 12.2 Å². The van der Waals surface area contributed by atoms with E-state index >= 15 is 0 Å². The molecule has 13 heavy (non-hydrogen) atoms. The van der Waals surface area contributed by atoms with Crippen LogP contribution in [0.2, 0.25) is 0 Å². The van der Waals surface area contributed by atoms with E-state index in [1.807, 2.05) is 0 Å². The quantitative estimate of drug-likeness (QED) is 0.583. The molecule has 0 aromatic heterocycles. The molecule has 0 bridgehead atoms. The molecular weight excluding hydrogens is 182 g/mol. The minimum Gasteiger partial charge on any atom is -0.347 e. The molecule has 1 aliphatic heterocycles. The highest BCUT2D eigenvalue weighted by atomic mass is 32.1. The van der Waals surface area contributed by atoms with Crippen LogP contribution >= 0.6 is 12.2 Å². The number of thiocarbonyl (C=S) groups is 1. The number of nitrogens with one attached hydrogen (secondary N) is 3. The SMILES string of the molecule is CC(C)C1NC(=S)NC(C(C)C)N1. The zero-order chi connectivity index (χ0) is 10.0. The summed E-state index contributed by atoms with van der Waals surface area (Å²) in [4.78, 5) is 0. The largest absolute Gasteiger partial charge is 0.347 e. The van der Waals surface area contributed by atoms with Crippen molar-refractivity contribution in [3.63, 3.8) is 0 Å². The molecule has 0 saturated carbocycles. The molecule has 3 N–H and O–H groups in total. The predicted molar refractivity (Wildman–Crippen MR) is 59.3 cm³/mol. The molecule has 0 spiro atoms. The molecule has 76 valence electrons. The third-order valence-corrected chi connectivity index (χ3v) is 2.50. The minimum atomic E-state index is 0.293. The first kappa shape index (κ1) is 10.7. The normalized spacial score (nSPS) is 28.9. The van der Waals surface area contributed by atoms with E-state index in [1.165, 1.54) is 0 Å². The first-order chi connectivity index (χ1) is 6.00. The molecule has 0 aromatic carbocycles. The van der Waals surface area contributed by atoms with Crippen LogP contribution in [0.25, 0.3) is 0 Å². The monoisotopic (exact) mass is 201 g/mol. The Morgan fingerprint density at radius 3 is 1.69 bits per heavy atom. The predicted octanol–water partition coefficient (Wildman–Crippen LogP) is 1.02. The number of hydrogen-bond donors (Lipinski definition) is 3. The molecule has 4 heteroatoms. The molecule has 0 aliphatic carbocycles. The van der Waals surface area contributed by atoms with E-state index in [1.54, 1.807) is 0 Å². The van der Waals surface area contributed by atoms with Crippen molar-refractivity contribution in [2.45, 2.75) is 40.0 Å². The zero-order valence-electron chi connectivity index (χ0n) is 8.72. The van der Waals surface area contributed by atoms with Gasteiger partial charge in [-0.25, -0.2) is 0 Å². The summed E-state index contributed by atoms with van der Waals surface area (Å²) < 4.78 is 0. The zero-order valence-corrected chi connectivity index (χ0v) is 9.53. The van der Waals surface area contributed by atoms with Crippen LogP contribution in [0.15, 0.2) is 0 Å². The fraction of sp³-hybridized carbons (Fsp3) is 0.889. The fourth-order valence-corrected chi connectivity index (χ4v) is 1.57. The summed E-state index contributed by atoms with van der Waals surface area (Å²) in [6.07, 6.45) is 0.585. The molecule has 2 unspecified atom stereocenters. The van der Waals surface area contributed by atoms with Gasteiger partial charge in [0, 0.05) is 0 Å². The van der Waals surface area contributed by atoms with Gasteiger partial charge >= 0.3 is 0 Å². The fourth-order valence-electron chi connectivity index (χ4n) is 1.32. The van der Waals surface area contributed by atoms with E-state index in [2.05, 4.69) is 43.6 Å². The standard InChI is InChI=1S/C9H19N3S/c1-5(2)7-10-8(6(3)4)12-9(13)11-7/h5-8,10H,1-4H3,(H2,11,12,13). The van der Waals surface area contributed by atoms with Gasteiger partial charge in [0.25, 0.3) is 0 Å². The summed E-state index contributed by atoms with van der Waals surface area (Å²) in [5.74, 6) is 1.09. The number of hydrogen-bond acceptors (Lipinski definition) is 2.